The van der Waals surface area contributed by atoms with Crippen molar-refractivity contribution in [3.63, 3.8) is 0 Å². The number of aromatic nitrogens is 4. The lowest BCUT2D eigenvalue weighted by Crippen LogP contribution is -2.27. The fraction of sp³-hybridized carbons (Fsp3) is 0.429. The third kappa shape index (κ3) is 4.20. The van der Waals surface area contributed by atoms with E-state index in [-0.39, 0.29) is 5.91 Å². The molecule has 1 aliphatic carbocycles. The molecule has 0 aliphatic heterocycles. The SMILES string of the molecule is O=C(CSc1nnnn1C1CC1)NCCc1cccc(Cl)c1. The van der Waals surface area contributed by atoms with Gasteiger partial charge in [0.2, 0.25) is 11.1 Å². The van der Waals surface area contributed by atoms with Crippen molar-refractivity contribution < 1.29 is 4.79 Å². The Morgan fingerprint density at radius 2 is 2.32 bits per heavy atom. The van der Waals surface area contributed by atoms with E-state index in [9.17, 15) is 4.79 Å². The van der Waals surface area contributed by atoms with E-state index in [0.29, 0.717) is 28.5 Å². The Bertz CT molecular complexity index is 658. The summed E-state index contributed by atoms with van der Waals surface area (Å²) in [6, 6.07) is 8.07. The minimum absolute atomic E-state index is 0.0163. The molecule has 8 heteroatoms. The molecule has 0 saturated heterocycles. The largest absolute Gasteiger partial charge is 0.355 e. The van der Waals surface area contributed by atoms with Crippen LogP contribution in [0.2, 0.25) is 5.02 Å². The Morgan fingerprint density at radius 3 is 3.09 bits per heavy atom. The van der Waals surface area contributed by atoms with Gasteiger partial charge in [0.1, 0.15) is 0 Å². The zero-order chi connectivity index (χ0) is 15.4. The van der Waals surface area contributed by atoms with Gasteiger partial charge in [-0.2, -0.15) is 0 Å². The van der Waals surface area contributed by atoms with E-state index in [1.807, 2.05) is 28.9 Å². The van der Waals surface area contributed by atoms with Crippen LogP contribution in [0.15, 0.2) is 29.4 Å². The summed E-state index contributed by atoms with van der Waals surface area (Å²) < 4.78 is 1.81. The minimum atomic E-state index is -0.0163. The zero-order valence-corrected chi connectivity index (χ0v) is 13.5. The molecule has 3 rings (SSSR count). The molecule has 1 amide bonds. The van der Waals surface area contributed by atoms with Crippen LogP contribution in [0.4, 0.5) is 0 Å². The summed E-state index contributed by atoms with van der Waals surface area (Å²) in [6.45, 7) is 0.591. The Balaban J connectivity index is 1.40. The van der Waals surface area contributed by atoms with Gasteiger partial charge in [0.25, 0.3) is 0 Å². The molecule has 1 aromatic carbocycles. The van der Waals surface area contributed by atoms with Crippen molar-refractivity contribution in [1.29, 1.82) is 0 Å². The number of thioether (sulfide) groups is 1. The normalized spacial score (nSPS) is 14.0. The number of benzene rings is 1. The molecular weight excluding hydrogens is 322 g/mol. The van der Waals surface area contributed by atoms with Crippen molar-refractivity contribution in [3.8, 4) is 0 Å². The van der Waals surface area contributed by atoms with Crippen molar-refractivity contribution in [3.05, 3.63) is 34.9 Å². The number of carbonyl (C=O) groups is 1. The lowest BCUT2D eigenvalue weighted by Gasteiger charge is -2.06. The van der Waals surface area contributed by atoms with E-state index in [1.54, 1.807) is 0 Å². The highest BCUT2D eigenvalue weighted by atomic mass is 35.5. The summed E-state index contributed by atoms with van der Waals surface area (Å²) in [6.07, 6.45) is 2.99. The maximum atomic E-state index is 11.9. The van der Waals surface area contributed by atoms with Crippen LogP contribution in [0.5, 0.6) is 0 Å². The molecule has 1 saturated carbocycles. The first-order valence-corrected chi connectivity index (χ1v) is 8.50. The zero-order valence-electron chi connectivity index (χ0n) is 11.9. The van der Waals surface area contributed by atoms with E-state index >= 15 is 0 Å². The topological polar surface area (TPSA) is 72.7 Å². The second-order valence-corrected chi connectivity index (χ2v) is 6.53. The van der Waals surface area contributed by atoms with Gasteiger partial charge >= 0.3 is 0 Å². The molecule has 1 N–H and O–H groups in total. The second-order valence-electron chi connectivity index (χ2n) is 5.16. The van der Waals surface area contributed by atoms with E-state index in [1.165, 1.54) is 11.8 Å². The average Bonchev–Trinajstić information content (AvgIpc) is 3.24. The van der Waals surface area contributed by atoms with Crippen LogP contribution in [0.25, 0.3) is 0 Å². The molecule has 1 aromatic heterocycles. The van der Waals surface area contributed by atoms with E-state index in [4.69, 9.17) is 11.6 Å². The van der Waals surface area contributed by atoms with Crippen LogP contribution in [0, 0.1) is 0 Å². The third-order valence-electron chi connectivity index (χ3n) is 3.31. The first-order chi connectivity index (χ1) is 10.7. The number of halogens is 1. The maximum absolute atomic E-state index is 11.9. The van der Waals surface area contributed by atoms with Gasteiger partial charge in [-0.05, 0) is 47.4 Å². The highest BCUT2D eigenvalue weighted by molar-refractivity contribution is 7.99. The average molecular weight is 338 g/mol. The fourth-order valence-electron chi connectivity index (χ4n) is 2.05. The molecule has 1 aliphatic rings. The summed E-state index contributed by atoms with van der Waals surface area (Å²) in [4.78, 5) is 11.9. The molecule has 0 bridgehead atoms. The van der Waals surface area contributed by atoms with Gasteiger partial charge in [-0.1, -0.05) is 35.5 Å². The molecule has 1 fully saturated rings. The van der Waals surface area contributed by atoms with Crippen LogP contribution < -0.4 is 5.32 Å². The van der Waals surface area contributed by atoms with E-state index in [2.05, 4.69) is 20.8 Å². The molecule has 2 aromatic rings. The number of hydrogen-bond donors (Lipinski definition) is 1. The number of amides is 1. The van der Waals surface area contributed by atoms with Crippen LogP contribution in [0.3, 0.4) is 0 Å². The van der Waals surface area contributed by atoms with Crippen LogP contribution in [-0.4, -0.2) is 38.4 Å². The smallest absolute Gasteiger partial charge is 0.230 e. The molecule has 1 heterocycles. The summed E-state index contributed by atoms with van der Waals surface area (Å²) in [5.41, 5.74) is 1.11. The minimum Gasteiger partial charge on any atom is -0.355 e. The lowest BCUT2D eigenvalue weighted by atomic mass is 10.1. The number of hydrogen-bond acceptors (Lipinski definition) is 5. The predicted octanol–water partition coefficient (Wildman–Crippen LogP) is 2.11. The number of rotatable bonds is 7. The Hall–Kier alpha value is -1.60. The third-order valence-corrected chi connectivity index (χ3v) is 4.48. The monoisotopic (exact) mass is 337 g/mol. The molecule has 116 valence electrons. The van der Waals surface area contributed by atoms with Gasteiger partial charge in [0.15, 0.2) is 0 Å². The van der Waals surface area contributed by atoms with Crippen molar-refractivity contribution >= 4 is 29.3 Å². The van der Waals surface area contributed by atoms with Crippen molar-refractivity contribution in [1.82, 2.24) is 25.5 Å². The van der Waals surface area contributed by atoms with Gasteiger partial charge < -0.3 is 5.32 Å². The first kappa shape index (κ1) is 15.3. The molecule has 0 radical (unpaired) electrons. The van der Waals surface area contributed by atoms with Gasteiger partial charge in [0, 0.05) is 11.6 Å². The Labute approximate surface area is 137 Å². The quantitative estimate of drug-likeness (QED) is 0.783. The van der Waals surface area contributed by atoms with Crippen molar-refractivity contribution in [2.45, 2.75) is 30.5 Å². The first-order valence-electron chi connectivity index (χ1n) is 7.14. The Kier molecular flexibility index (Phi) is 4.94. The van der Waals surface area contributed by atoms with Crippen LogP contribution >= 0.6 is 23.4 Å². The van der Waals surface area contributed by atoms with Crippen LogP contribution in [0.1, 0.15) is 24.4 Å². The standard InChI is InChI=1S/C14H16ClN5OS/c15-11-3-1-2-10(8-11)6-7-16-13(21)9-22-14-17-18-19-20(14)12-4-5-12/h1-3,8,12H,4-7,9H2,(H,16,21). The highest BCUT2D eigenvalue weighted by Crippen LogP contribution is 2.36. The lowest BCUT2D eigenvalue weighted by molar-refractivity contribution is -0.118. The van der Waals surface area contributed by atoms with Gasteiger partial charge in [-0.3, -0.25) is 4.79 Å². The molecule has 6 nitrogen and oxygen atoms in total. The van der Waals surface area contributed by atoms with E-state index < -0.39 is 0 Å². The summed E-state index contributed by atoms with van der Waals surface area (Å²) in [7, 11) is 0. The number of nitrogens with zero attached hydrogens (tertiary/aromatic N) is 4. The molecule has 22 heavy (non-hydrogen) atoms. The molecule has 0 unspecified atom stereocenters. The molecular formula is C14H16ClN5OS. The highest BCUT2D eigenvalue weighted by Gasteiger charge is 2.28. The number of tetrazole rings is 1. The van der Waals surface area contributed by atoms with Gasteiger partial charge in [-0.25, -0.2) is 4.68 Å². The van der Waals surface area contributed by atoms with Crippen LogP contribution in [-0.2, 0) is 11.2 Å². The van der Waals surface area contributed by atoms with Gasteiger partial charge in [-0.15, -0.1) is 5.10 Å². The summed E-state index contributed by atoms with van der Waals surface area (Å²) in [5.74, 6) is 0.306. The molecule has 0 atom stereocenters. The summed E-state index contributed by atoms with van der Waals surface area (Å²) in [5, 5.41) is 15.9. The van der Waals surface area contributed by atoms with Crippen molar-refractivity contribution in [2.24, 2.45) is 0 Å². The number of nitrogens with one attached hydrogen (secondary N) is 1. The maximum Gasteiger partial charge on any atom is 0.230 e. The fourth-order valence-corrected chi connectivity index (χ4v) is 3.04. The molecule has 0 spiro atoms. The van der Waals surface area contributed by atoms with E-state index in [0.717, 1.165) is 24.8 Å². The van der Waals surface area contributed by atoms with Crippen molar-refractivity contribution in [2.75, 3.05) is 12.3 Å². The number of carbonyl (C=O) groups excluding carboxylic acids is 1. The van der Waals surface area contributed by atoms with Gasteiger partial charge in [0.05, 0.1) is 11.8 Å². The Morgan fingerprint density at radius 1 is 1.45 bits per heavy atom. The summed E-state index contributed by atoms with van der Waals surface area (Å²) >= 11 is 7.30. The second kappa shape index (κ2) is 7.11. The predicted molar refractivity (Wildman–Crippen MR) is 85.0 cm³/mol.